The van der Waals surface area contributed by atoms with Crippen molar-refractivity contribution in [1.82, 2.24) is 10.2 Å². The number of hydrogen-bond acceptors (Lipinski definition) is 3. The van der Waals surface area contributed by atoms with Crippen LogP contribution in [0.5, 0.6) is 0 Å². The lowest BCUT2D eigenvalue weighted by molar-refractivity contribution is -0.138. The number of carbonyl (C=O) groups is 1. The fraction of sp³-hybridized carbons (Fsp3) is 0.519. The zero-order chi connectivity index (χ0) is 27.3. The minimum absolute atomic E-state index is 0.125. The molecule has 0 heterocycles. The number of nitrogens with zero attached hydrogens (tertiary/aromatic N) is 1. The van der Waals surface area contributed by atoms with Crippen LogP contribution in [0.1, 0.15) is 58.6 Å². The van der Waals surface area contributed by atoms with Gasteiger partial charge in [0.15, 0.2) is 0 Å². The molecule has 1 aromatic carbocycles. The van der Waals surface area contributed by atoms with E-state index in [0.29, 0.717) is 6.92 Å². The van der Waals surface area contributed by atoms with Crippen molar-refractivity contribution in [3.05, 3.63) is 69.8 Å². The molecule has 0 bridgehead atoms. The highest BCUT2D eigenvalue weighted by atomic mass is 19.4. The van der Waals surface area contributed by atoms with Crippen LogP contribution in [0.3, 0.4) is 0 Å². The van der Waals surface area contributed by atoms with E-state index in [9.17, 15) is 31.9 Å². The van der Waals surface area contributed by atoms with E-state index in [1.807, 2.05) is 32.9 Å². The molecule has 200 valence electrons. The van der Waals surface area contributed by atoms with E-state index in [1.165, 1.54) is 36.3 Å². The molecule has 1 aliphatic rings. The van der Waals surface area contributed by atoms with Crippen molar-refractivity contribution < 1.29 is 31.9 Å². The minimum atomic E-state index is -4.58. The van der Waals surface area contributed by atoms with Crippen molar-refractivity contribution in [3.8, 4) is 0 Å². The van der Waals surface area contributed by atoms with E-state index in [4.69, 9.17) is 0 Å². The summed E-state index contributed by atoms with van der Waals surface area (Å²) in [5.74, 6) is -3.85. The van der Waals surface area contributed by atoms with Crippen LogP contribution < -0.4 is 5.32 Å². The number of rotatable bonds is 11. The predicted molar refractivity (Wildman–Crippen MR) is 130 cm³/mol. The van der Waals surface area contributed by atoms with E-state index in [0.717, 1.165) is 28.5 Å². The van der Waals surface area contributed by atoms with Crippen LogP contribution in [0.2, 0.25) is 0 Å². The highest BCUT2D eigenvalue weighted by molar-refractivity contribution is 5.81. The summed E-state index contributed by atoms with van der Waals surface area (Å²) in [4.78, 5) is 13.9. The highest BCUT2D eigenvalue weighted by Crippen LogP contribution is 2.32. The fourth-order valence-corrected chi connectivity index (χ4v) is 4.08. The number of aliphatic hydroxyl groups excluding tert-OH is 1. The van der Waals surface area contributed by atoms with Gasteiger partial charge in [0, 0.05) is 20.0 Å². The Labute approximate surface area is 209 Å². The first-order chi connectivity index (χ1) is 16.6. The van der Waals surface area contributed by atoms with Crippen molar-refractivity contribution in [2.45, 2.75) is 78.2 Å². The fourth-order valence-electron chi connectivity index (χ4n) is 4.08. The van der Waals surface area contributed by atoms with Crippen LogP contribution in [0.4, 0.5) is 22.0 Å². The molecule has 0 aliphatic heterocycles. The van der Waals surface area contributed by atoms with Crippen LogP contribution in [0.15, 0.2) is 58.7 Å². The quantitative estimate of drug-likeness (QED) is 0.355. The third-order valence-corrected chi connectivity index (χ3v) is 6.28. The summed E-state index contributed by atoms with van der Waals surface area (Å²) >= 11 is 0. The maximum atomic E-state index is 13.9. The maximum Gasteiger partial charge on any atom is 0.416 e. The second-order valence-electron chi connectivity index (χ2n) is 9.68. The zero-order valence-electron chi connectivity index (χ0n) is 21.3. The lowest BCUT2D eigenvalue weighted by atomic mass is 10.0. The molecule has 9 heteroatoms. The zero-order valence-corrected chi connectivity index (χ0v) is 21.3. The van der Waals surface area contributed by atoms with Gasteiger partial charge >= 0.3 is 6.18 Å². The van der Waals surface area contributed by atoms with Crippen molar-refractivity contribution in [2.75, 3.05) is 13.1 Å². The third kappa shape index (κ3) is 8.85. The first kappa shape index (κ1) is 29.7. The number of nitrogens with one attached hydrogen (secondary N) is 1. The molecule has 2 N–H and O–H groups in total. The molecule has 2 unspecified atom stereocenters. The van der Waals surface area contributed by atoms with Gasteiger partial charge in [0.1, 0.15) is 0 Å². The standard InChI is InChI=1S/C27H35F5N2O2/c1-17(2)18(3)21-11-10-20(12-21)13-23(35)15-34(16-26(5,28)29)19(4)25(36)33-14-22-8-6-7-9-24(22)27(30,31)32/h6-10,12,19,23,35H,11,13-16H2,1-5H3,(H,33,36). The number of benzene rings is 1. The lowest BCUT2D eigenvalue weighted by Crippen LogP contribution is -2.51. The Balaban J connectivity index is 2.07. The van der Waals surface area contributed by atoms with Gasteiger partial charge in [0.05, 0.1) is 24.3 Å². The molecule has 2 rings (SSSR count). The smallest absolute Gasteiger partial charge is 0.391 e. The maximum absolute atomic E-state index is 13.9. The van der Waals surface area contributed by atoms with Gasteiger partial charge in [-0.1, -0.05) is 35.9 Å². The van der Waals surface area contributed by atoms with E-state index in [-0.39, 0.29) is 18.5 Å². The van der Waals surface area contributed by atoms with Crippen molar-refractivity contribution in [2.24, 2.45) is 0 Å². The van der Waals surface area contributed by atoms with Crippen LogP contribution >= 0.6 is 0 Å². The molecule has 0 aromatic heterocycles. The summed E-state index contributed by atoms with van der Waals surface area (Å²) < 4.78 is 67.5. The van der Waals surface area contributed by atoms with Crippen LogP contribution in [0, 0.1) is 0 Å². The van der Waals surface area contributed by atoms with Gasteiger partial charge < -0.3 is 10.4 Å². The van der Waals surface area contributed by atoms with Crippen LogP contribution in [-0.2, 0) is 17.5 Å². The Morgan fingerprint density at radius 2 is 1.78 bits per heavy atom. The normalized spacial score (nSPS) is 15.9. The number of halogens is 5. The molecule has 0 radical (unpaired) electrons. The second-order valence-corrected chi connectivity index (χ2v) is 9.68. The number of aliphatic hydroxyl groups is 1. The Kier molecular flexibility index (Phi) is 10.0. The largest absolute Gasteiger partial charge is 0.416 e. The Morgan fingerprint density at radius 1 is 1.14 bits per heavy atom. The van der Waals surface area contributed by atoms with Crippen LogP contribution in [0.25, 0.3) is 0 Å². The van der Waals surface area contributed by atoms with E-state index in [1.54, 1.807) is 0 Å². The molecule has 1 amide bonds. The average Bonchev–Trinajstić information content (AvgIpc) is 3.22. The van der Waals surface area contributed by atoms with E-state index < -0.39 is 48.8 Å². The Morgan fingerprint density at radius 3 is 2.36 bits per heavy atom. The molecular weight excluding hydrogens is 479 g/mol. The van der Waals surface area contributed by atoms with Gasteiger partial charge in [-0.3, -0.25) is 9.69 Å². The molecule has 0 spiro atoms. The third-order valence-electron chi connectivity index (χ3n) is 6.28. The first-order valence-electron chi connectivity index (χ1n) is 11.8. The Hall–Kier alpha value is -2.52. The van der Waals surface area contributed by atoms with Crippen LogP contribution in [-0.4, -0.2) is 47.1 Å². The summed E-state index contributed by atoms with van der Waals surface area (Å²) in [7, 11) is 0. The molecule has 4 nitrogen and oxygen atoms in total. The molecule has 0 saturated carbocycles. The van der Waals surface area contributed by atoms with Gasteiger partial charge in [-0.2, -0.15) is 13.2 Å². The highest BCUT2D eigenvalue weighted by Gasteiger charge is 2.34. The Bertz CT molecular complexity index is 1020. The van der Waals surface area contributed by atoms with Gasteiger partial charge in [0.2, 0.25) is 5.91 Å². The number of hydrogen-bond donors (Lipinski definition) is 2. The van der Waals surface area contributed by atoms with Gasteiger partial charge in [-0.25, -0.2) is 8.78 Å². The summed E-state index contributed by atoms with van der Waals surface area (Å²) in [6.45, 7) is 6.78. The lowest BCUT2D eigenvalue weighted by Gasteiger charge is -2.32. The SMILES string of the molecule is CC(C)=C(C)C1=CC(CC(O)CN(CC(C)(F)F)C(C)C(=O)NCc2ccccc2C(F)(F)F)=CC1. The summed E-state index contributed by atoms with van der Waals surface area (Å²) in [6, 6.07) is 3.75. The summed E-state index contributed by atoms with van der Waals surface area (Å²) in [5.41, 5.74) is 3.39. The molecular formula is C27H35F5N2O2. The van der Waals surface area contributed by atoms with Gasteiger partial charge in [-0.05, 0) is 68.9 Å². The van der Waals surface area contributed by atoms with Crippen molar-refractivity contribution in [3.63, 3.8) is 0 Å². The first-order valence-corrected chi connectivity index (χ1v) is 11.8. The number of alkyl halides is 5. The monoisotopic (exact) mass is 514 g/mol. The van der Waals surface area contributed by atoms with Gasteiger partial charge in [0.25, 0.3) is 5.92 Å². The molecule has 0 fully saturated rings. The topological polar surface area (TPSA) is 52.6 Å². The predicted octanol–water partition coefficient (Wildman–Crippen LogP) is 6.03. The number of amides is 1. The molecule has 36 heavy (non-hydrogen) atoms. The van der Waals surface area contributed by atoms with E-state index >= 15 is 0 Å². The number of carbonyl (C=O) groups excluding carboxylic acids is 1. The summed E-state index contributed by atoms with van der Waals surface area (Å²) in [6.07, 6.45) is -0.661. The number of allylic oxidation sites excluding steroid dienone is 5. The summed E-state index contributed by atoms with van der Waals surface area (Å²) in [5, 5.41) is 13.1. The molecule has 1 aromatic rings. The van der Waals surface area contributed by atoms with Gasteiger partial charge in [-0.15, -0.1) is 0 Å². The molecule has 0 saturated heterocycles. The second kappa shape index (κ2) is 12.1. The molecule has 1 aliphatic carbocycles. The average molecular weight is 515 g/mol. The van der Waals surface area contributed by atoms with E-state index in [2.05, 4.69) is 5.32 Å². The molecule has 2 atom stereocenters. The minimum Gasteiger partial charge on any atom is -0.391 e. The van der Waals surface area contributed by atoms with Crippen molar-refractivity contribution >= 4 is 5.91 Å². The van der Waals surface area contributed by atoms with Crippen molar-refractivity contribution in [1.29, 1.82) is 0 Å².